The summed E-state index contributed by atoms with van der Waals surface area (Å²) >= 11 is 3.34. The summed E-state index contributed by atoms with van der Waals surface area (Å²) in [5.74, 6) is -0.330. The number of halogens is 2. The Kier molecular flexibility index (Phi) is 4.65. The van der Waals surface area contributed by atoms with Gasteiger partial charge < -0.3 is 5.32 Å². The Bertz CT molecular complexity index is 779. The van der Waals surface area contributed by atoms with E-state index >= 15 is 0 Å². The zero-order valence-electron chi connectivity index (χ0n) is 11.2. The van der Waals surface area contributed by atoms with Crippen molar-refractivity contribution < 1.29 is 12.8 Å². The lowest BCUT2D eigenvalue weighted by molar-refractivity contribution is 0.597. The minimum atomic E-state index is -3.76. The molecular weight excluding hydrogens is 359 g/mol. The molecular formula is C14H14BrFN2O2S. The number of nitrogens with two attached hydrogens (primary N) is 1. The molecule has 112 valence electrons. The van der Waals surface area contributed by atoms with Crippen LogP contribution in [-0.4, -0.2) is 8.42 Å². The highest BCUT2D eigenvalue weighted by molar-refractivity contribution is 9.10. The zero-order valence-corrected chi connectivity index (χ0v) is 13.6. The Morgan fingerprint density at radius 3 is 2.62 bits per heavy atom. The van der Waals surface area contributed by atoms with Crippen molar-refractivity contribution in [3.05, 3.63) is 57.8 Å². The number of anilines is 1. The van der Waals surface area contributed by atoms with Gasteiger partial charge in [0.25, 0.3) is 0 Å². The molecule has 0 bridgehead atoms. The minimum absolute atomic E-state index is 0.0748. The normalized spacial score (nSPS) is 11.4. The van der Waals surface area contributed by atoms with Crippen LogP contribution in [0.5, 0.6) is 0 Å². The van der Waals surface area contributed by atoms with E-state index < -0.39 is 10.0 Å². The molecule has 0 aromatic heterocycles. The first kappa shape index (κ1) is 15.9. The van der Waals surface area contributed by atoms with E-state index in [4.69, 9.17) is 5.14 Å². The van der Waals surface area contributed by atoms with Crippen molar-refractivity contribution >= 4 is 31.6 Å². The van der Waals surface area contributed by atoms with Gasteiger partial charge in [0.2, 0.25) is 10.0 Å². The van der Waals surface area contributed by atoms with Crippen molar-refractivity contribution in [1.29, 1.82) is 0 Å². The third kappa shape index (κ3) is 4.03. The fraction of sp³-hybridized carbons (Fsp3) is 0.143. The molecule has 4 nitrogen and oxygen atoms in total. The smallest absolute Gasteiger partial charge is 0.238 e. The van der Waals surface area contributed by atoms with E-state index in [0.29, 0.717) is 17.8 Å². The molecule has 0 spiro atoms. The van der Waals surface area contributed by atoms with Gasteiger partial charge in [-0.3, -0.25) is 0 Å². The number of primary sulfonamides is 1. The van der Waals surface area contributed by atoms with Gasteiger partial charge in [-0.05, 0) is 48.4 Å². The highest BCUT2D eigenvalue weighted by Crippen LogP contribution is 2.22. The molecule has 0 radical (unpaired) electrons. The standard InChI is InChI=1S/C14H14BrFN2O2S/c1-9-2-4-12(7-14(9)21(17,19)20)18-8-10-6-11(16)3-5-13(10)15/h2-7,18H,8H2,1H3,(H2,17,19,20). The first-order valence-corrected chi connectivity index (χ1v) is 8.42. The molecule has 0 unspecified atom stereocenters. The van der Waals surface area contributed by atoms with E-state index in [1.165, 1.54) is 18.2 Å². The fourth-order valence-corrected chi connectivity index (χ4v) is 3.09. The average molecular weight is 373 g/mol. The van der Waals surface area contributed by atoms with Gasteiger partial charge in [-0.1, -0.05) is 22.0 Å². The van der Waals surface area contributed by atoms with Crippen LogP contribution in [-0.2, 0) is 16.6 Å². The quantitative estimate of drug-likeness (QED) is 0.865. The number of sulfonamides is 1. The zero-order chi connectivity index (χ0) is 15.6. The molecule has 0 amide bonds. The Balaban J connectivity index is 2.23. The van der Waals surface area contributed by atoms with E-state index in [-0.39, 0.29) is 10.7 Å². The monoisotopic (exact) mass is 372 g/mol. The van der Waals surface area contributed by atoms with Crippen LogP contribution in [0.4, 0.5) is 10.1 Å². The summed E-state index contributed by atoms with van der Waals surface area (Å²) in [5, 5.41) is 8.22. The molecule has 21 heavy (non-hydrogen) atoms. The van der Waals surface area contributed by atoms with Crippen molar-refractivity contribution in [3.63, 3.8) is 0 Å². The van der Waals surface area contributed by atoms with Gasteiger partial charge in [-0.2, -0.15) is 0 Å². The summed E-state index contributed by atoms with van der Waals surface area (Å²) in [6, 6.07) is 9.28. The summed E-state index contributed by atoms with van der Waals surface area (Å²) in [6.45, 7) is 2.03. The van der Waals surface area contributed by atoms with Crippen LogP contribution in [0.1, 0.15) is 11.1 Å². The van der Waals surface area contributed by atoms with E-state index in [1.54, 1.807) is 25.1 Å². The molecule has 0 heterocycles. The summed E-state index contributed by atoms with van der Waals surface area (Å²) in [7, 11) is -3.76. The molecule has 2 aromatic carbocycles. The SMILES string of the molecule is Cc1ccc(NCc2cc(F)ccc2Br)cc1S(N)(=O)=O. The molecule has 2 aromatic rings. The van der Waals surface area contributed by atoms with Gasteiger partial charge in [0.05, 0.1) is 4.90 Å². The molecule has 0 saturated heterocycles. The summed E-state index contributed by atoms with van der Waals surface area (Å²) in [4.78, 5) is 0.0748. The van der Waals surface area contributed by atoms with E-state index in [1.807, 2.05) is 0 Å². The van der Waals surface area contributed by atoms with Crippen LogP contribution >= 0.6 is 15.9 Å². The van der Waals surface area contributed by atoms with Crippen LogP contribution in [0.2, 0.25) is 0 Å². The Morgan fingerprint density at radius 2 is 1.95 bits per heavy atom. The second kappa shape index (κ2) is 6.13. The number of benzene rings is 2. The predicted octanol–water partition coefficient (Wildman–Crippen LogP) is 3.16. The Morgan fingerprint density at radius 1 is 1.24 bits per heavy atom. The van der Waals surface area contributed by atoms with Gasteiger partial charge in [-0.15, -0.1) is 0 Å². The number of nitrogens with one attached hydrogen (secondary N) is 1. The largest absolute Gasteiger partial charge is 0.381 e. The molecule has 0 aliphatic rings. The van der Waals surface area contributed by atoms with E-state index in [9.17, 15) is 12.8 Å². The van der Waals surface area contributed by atoms with Crippen molar-refractivity contribution in [2.45, 2.75) is 18.4 Å². The number of hydrogen-bond acceptors (Lipinski definition) is 3. The molecule has 0 saturated carbocycles. The second-order valence-electron chi connectivity index (χ2n) is 4.61. The van der Waals surface area contributed by atoms with Crippen LogP contribution in [0, 0.1) is 12.7 Å². The van der Waals surface area contributed by atoms with Gasteiger partial charge >= 0.3 is 0 Å². The number of aryl methyl sites for hydroxylation is 1. The minimum Gasteiger partial charge on any atom is -0.381 e. The van der Waals surface area contributed by atoms with Gasteiger partial charge in [-0.25, -0.2) is 17.9 Å². The maximum Gasteiger partial charge on any atom is 0.238 e. The summed E-state index contributed by atoms with van der Waals surface area (Å²) in [6.07, 6.45) is 0. The topological polar surface area (TPSA) is 72.2 Å². The van der Waals surface area contributed by atoms with Crippen molar-refractivity contribution in [1.82, 2.24) is 0 Å². The van der Waals surface area contributed by atoms with Gasteiger partial charge in [0, 0.05) is 16.7 Å². The van der Waals surface area contributed by atoms with Gasteiger partial charge in [0.15, 0.2) is 0 Å². The lowest BCUT2D eigenvalue weighted by Crippen LogP contribution is -2.14. The molecule has 3 N–H and O–H groups in total. The van der Waals surface area contributed by atoms with E-state index in [2.05, 4.69) is 21.2 Å². The van der Waals surface area contributed by atoms with Crippen LogP contribution < -0.4 is 10.5 Å². The molecule has 0 aliphatic carbocycles. The van der Waals surface area contributed by atoms with E-state index in [0.717, 1.165) is 10.0 Å². The predicted molar refractivity (Wildman–Crippen MR) is 84.0 cm³/mol. The lowest BCUT2D eigenvalue weighted by atomic mass is 10.2. The van der Waals surface area contributed by atoms with Crippen LogP contribution in [0.15, 0.2) is 45.8 Å². The van der Waals surface area contributed by atoms with Crippen LogP contribution in [0.25, 0.3) is 0 Å². The van der Waals surface area contributed by atoms with Crippen molar-refractivity contribution in [3.8, 4) is 0 Å². The fourth-order valence-electron chi connectivity index (χ4n) is 1.89. The summed E-state index contributed by atoms with van der Waals surface area (Å²) < 4.78 is 36.9. The average Bonchev–Trinajstić information content (AvgIpc) is 2.40. The van der Waals surface area contributed by atoms with Crippen molar-refractivity contribution in [2.75, 3.05) is 5.32 Å². The maximum atomic E-state index is 13.2. The van der Waals surface area contributed by atoms with Gasteiger partial charge in [0.1, 0.15) is 5.82 Å². The Hall–Kier alpha value is -1.44. The van der Waals surface area contributed by atoms with Crippen molar-refractivity contribution in [2.24, 2.45) is 5.14 Å². The maximum absolute atomic E-state index is 13.2. The number of hydrogen-bond donors (Lipinski definition) is 2. The first-order chi connectivity index (χ1) is 9.77. The highest BCUT2D eigenvalue weighted by atomic mass is 79.9. The first-order valence-electron chi connectivity index (χ1n) is 6.08. The summed E-state index contributed by atoms with van der Waals surface area (Å²) in [5.41, 5.74) is 1.91. The second-order valence-corrected chi connectivity index (χ2v) is 7.00. The highest BCUT2D eigenvalue weighted by Gasteiger charge is 2.12. The third-order valence-corrected chi connectivity index (χ3v) is 4.81. The Labute approximate surface area is 131 Å². The van der Waals surface area contributed by atoms with Crippen LogP contribution in [0.3, 0.4) is 0 Å². The molecule has 0 atom stereocenters. The molecule has 2 rings (SSSR count). The number of rotatable bonds is 4. The third-order valence-electron chi connectivity index (χ3n) is 2.99. The lowest BCUT2D eigenvalue weighted by Gasteiger charge is -2.11. The molecule has 0 aliphatic heterocycles. The molecule has 0 fully saturated rings. The molecule has 7 heteroatoms.